The second-order valence-electron chi connectivity index (χ2n) is 8.55. The van der Waals surface area contributed by atoms with Crippen molar-refractivity contribution in [1.82, 2.24) is 20.1 Å². The van der Waals surface area contributed by atoms with Gasteiger partial charge in [0.1, 0.15) is 5.82 Å². The molecule has 0 unspecified atom stereocenters. The van der Waals surface area contributed by atoms with Crippen molar-refractivity contribution in [1.29, 1.82) is 0 Å². The molecule has 0 spiro atoms. The highest BCUT2D eigenvalue weighted by molar-refractivity contribution is 8.00. The number of carbonyl (C=O) groups excluding carboxylic acids is 1. The Labute approximate surface area is 222 Å². The predicted octanol–water partition coefficient (Wildman–Crippen LogP) is 4.91. The Balaban J connectivity index is 1.40. The van der Waals surface area contributed by atoms with Crippen LogP contribution in [-0.4, -0.2) is 46.7 Å². The highest BCUT2D eigenvalue weighted by Crippen LogP contribution is 2.28. The molecule has 0 aliphatic rings. The number of benzene rings is 3. The number of hydrogen-bond acceptors (Lipinski definition) is 6. The van der Waals surface area contributed by atoms with Crippen molar-refractivity contribution in [3.8, 4) is 17.2 Å². The fraction of sp³-hybridized carbons (Fsp3) is 0.276. The van der Waals surface area contributed by atoms with Crippen LogP contribution >= 0.6 is 11.8 Å². The molecule has 0 radical (unpaired) electrons. The van der Waals surface area contributed by atoms with Crippen molar-refractivity contribution >= 4 is 17.7 Å². The quantitative estimate of drug-likeness (QED) is 0.270. The number of ether oxygens (including phenoxy) is 2. The van der Waals surface area contributed by atoms with E-state index in [2.05, 4.69) is 32.2 Å². The van der Waals surface area contributed by atoms with Gasteiger partial charge in [-0.3, -0.25) is 9.36 Å². The Morgan fingerprint density at radius 2 is 1.57 bits per heavy atom. The van der Waals surface area contributed by atoms with E-state index in [0.717, 1.165) is 29.9 Å². The van der Waals surface area contributed by atoms with Crippen molar-refractivity contribution in [2.45, 2.75) is 36.6 Å². The van der Waals surface area contributed by atoms with Crippen LogP contribution in [0.3, 0.4) is 0 Å². The molecule has 0 bridgehead atoms. The van der Waals surface area contributed by atoms with Gasteiger partial charge in [-0.2, -0.15) is 0 Å². The van der Waals surface area contributed by atoms with E-state index in [0.29, 0.717) is 29.6 Å². The SMILES string of the molecule is COc1ccc(CCNC(=O)[C@H](C)Sc2nnc(CCc3ccccc3)n2-c2ccccc2)cc1OC. The van der Waals surface area contributed by atoms with E-state index >= 15 is 0 Å². The van der Waals surface area contributed by atoms with Gasteiger partial charge in [-0.1, -0.05) is 66.4 Å². The molecule has 4 rings (SSSR count). The van der Waals surface area contributed by atoms with Crippen LogP contribution in [0, 0.1) is 0 Å². The molecular weight excluding hydrogens is 484 g/mol. The molecule has 0 fully saturated rings. The molecule has 1 heterocycles. The van der Waals surface area contributed by atoms with E-state index in [-0.39, 0.29) is 11.2 Å². The van der Waals surface area contributed by atoms with E-state index in [1.165, 1.54) is 17.3 Å². The summed E-state index contributed by atoms with van der Waals surface area (Å²) in [7, 11) is 3.23. The number of nitrogens with zero attached hydrogens (tertiary/aromatic N) is 3. The molecule has 7 nitrogen and oxygen atoms in total. The Morgan fingerprint density at radius 3 is 2.27 bits per heavy atom. The number of methoxy groups -OCH3 is 2. The molecule has 4 aromatic rings. The maximum Gasteiger partial charge on any atom is 0.233 e. The first kappa shape index (κ1) is 26.3. The zero-order chi connectivity index (χ0) is 26.0. The molecule has 0 saturated carbocycles. The van der Waals surface area contributed by atoms with Gasteiger partial charge >= 0.3 is 0 Å². The largest absolute Gasteiger partial charge is 0.493 e. The van der Waals surface area contributed by atoms with E-state index in [1.54, 1.807) is 14.2 Å². The van der Waals surface area contributed by atoms with Crippen LogP contribution in [0.4, 0.5) is 0 Å². The number of para-hydroxylation sites is 1. The fourth-order valence-corrected chi connectivity index (χ4v) is 4.91. The van der Waals surface area contributed by atoms with E-state index in [9.17, 15) is 4.79 Å². The maximum atomic E-state index is 12.9. The number of hydrogen-bond donors (Lipinski definition) is 1. The molecule has 0 aliphatic heterocycles. The Kier molecular flexibility index (Phi) is 9.21. The van der Waals surface area contributed by atoms with Crippen LogP contribution in [0.5, 0.6) is 11.5 Å². The summed E-state index contributed by atoms with van der Waals surface area (Å²) in [4.78, 5) is 12.9. The summed E-state index contributed by atoms with van der Waals surface area (Å²) < 4.78 is 12.7. The molecule has 1 aromatic heterocycles. The zero-order valence-electron chi connectivity index (χ0n) is 21.4. The van der Waals surface area contributed by atoms with Crippen molar-refractivity contribution in [3.63, 3.8) is 0 Å². The average molecular weight is 517 g/mol. The van der Waals surface area contributed by atoms with Crippen LogP contribution in [0.2, 0.25) is 0 Å². The molecule has 0 saturated heterocycles. The van der Waals surface area contributed by atoms with E-state index < -0.39 is 0 Å². The van der Waals surface area contributed by atoms with Gasteiger partial charge in [-0.25, -0.2) is 0 Å². The van der Waals surface area contributed by atoms with Gasteiger partial charge < -0.3 is 14.8 Å². The van der Waals surface area contributed by atoms with Gasteiger partial charge in [0.25, 0.3) is 0 Å². The summed E-state index contributed by atoms with van der Waals surface area (Å²) >= 11 is 1.41. The average Bonchev–Trinajstić information content (AvgIpc) is 3.34. The van der Waals surface area contributed by atoms with Crippen LogP contribution in [0.25, 0.3) is 5.69 Å². The van der Waals surface area contributed by atoms with Gasteiger partial charge in [0.15, 0.2) is 16.7 Å². The molecule has 3 aromatic carbocycles. The van der Waals surface area contributed by atoms with Crippen molar-refractivity contribution in [3.05, 3.63) is 95.8 Å². The van der Waals surface area contributed by atoms with Crippen molar-refractivity contribution < 1.29 is 14.3 Å². The lowest BCUT2D eigenvalue weighted by Crippen LogP contribution is -2.32. The van der Waals surface area contributed by atoms with Gasteiger partial charge in [0, 0.05) is 18.7 Å². The zero-order valence-corrected chi connectivity index (χ0v) is 22.2. The lowest BCUT2D eigenvalue weighted by Gasteiger charge is -2.14. The minimum absolute atomic E-state index is 0.0427. The first-order valence-corrected chi connectivity index (χ1v) is 13.2. The molecular formula is C29H32N4O3S. The lowest BCUT2D eigenvalue weighted by molar-refractivity contribution is -0.120. The van der Waals surface area contributed by atoms with Gasteiger partial charge in [0.05, 0.1) is 19.5 Å². The van der Waals surface area contributed by atoms with E-state index in [4.69, 9.17) is 9.47 Å². The molecule has 1 amide bonds. The highest BCUT2D eigenvalue weighted by Gasteiger charge is 2.21. The smallest absolute Gasteiger partial charge is 0.233 e. The lowest BCUT2D eigenvalue weighted by atomic mass is 10.1. The summed E-state index contributed by atoms with van der Waals surface area (Å²) in [6, 6.07) is 26.2. The molecule has 8 heteroatoms. The number of amides is 1. The van der Waals surface area contributed by atoms with Crippen LogP contribution in [0.1, 0.15) is 23.9 Å². The second kappa shape index (κ2) is 13.0. The standard InChI is InChI=1S/C29H32N4O3S/c1-21(28(34)30-19-18-23-14-16-25(35-2)26(20-23)36-3)37-29-32-31-27(17-15-22-10-6-4-7-11-22)33(29)24-12-8-5-9-13-24/h4-14,16,20-21H,15,17-19H2,1-3H3,(H,30,34)/t21-/m0/s1. The number of nitrogens with one attached hydrogen (secondary N) is 1. The van der Waals surface area contributed by atoms with Crippen molar-refractivity contribution in [2.75, 3.05) is 20.8 Å². The molecule has 192 valence electrons. The summed E-state index contributed by atoms with van der Waals surface area (Å²) in [5, 5.41) is 12.4. The molecule has 37 heavy (non-hydrogen) atoms. The van der Waals surface area contributed by atoms with Gasteiger partial charge in [-0.15, -0.1) is 10.2 Å². The fourth-order valence-electron chi connectivity index (χ4n) is 4.00. The first-order valence-electron chi connectivity index (χ1n) is 12.3. The topological polar surface area (TPSA) is 78.3 Å². The summed E-state index contributed by atoms with van der Waals surface area (Å²) in [6.45, 7) is 2.41. The first-order chi connectivity index (χ1) is 18.1. The minimum atomic E-state index is -0.334. The number of thioether (sulfide) groups is 1. The van der Waals surface area contributed by atoms with Gasteiger partial charge in [0.2, 0.25) is 5.91 Å². The number of aryl methyl sites for hydroxylation is 2. The second-order valence-corrected chi connectivity index (χ2v) is 9.85. The highest BCUT2D eigenvalue weighted by atomic mass is 32.2. The number of rotatable bonds is 12. The Morgan fingerprint density at radius 1 is 0.865 bits per heavy atom. The summed E-state index contributed by atoms with van der Waals surface area (Å²) in [5.41, 5.74) is 3.30. The minimum Gasteiger partial charge on any atom is -0.493 e. The third-order valence-electron chi connectivity index (χ3n) is 6.01. The van der Waals surface area contributed by atoms with Crippen LogP contribution < -0.4 is 14.8 Å². The Bertz CT molecular complexity index is 1300. The molecule has 1 atom stereocenters. The van der Waals surface area contributed by atoms with Crippen LogP contribution in [-0.2, 0) is 24.1 Å². The summed E-state index contributed by atoms with van der Waals surface area (Å²) in [5.74, 6) is 2.20. The third-order valence-corrected chi connectivity index (χ3v) is 7.05. The molecule has 0 aliphatic carbocycles. The third kappa shape index (κ3) is 6.92. The monoisotopic (exact) mass is 516 g/mol. The predicted molar refractivity (Wildman–Crippen MR) is 147 cm³/mol. The Hall–Kier alpha value is -3.78. The van der Waals surface area contributed by atoms with Crippen molar-refractivity contribution in [2.24, 2.45) is 0 Å². The number of aromatic nitrogens is 3. The van der Waals surface area contributed by atoms with Gasteiger partial charge in [-0.05, 0) is 55.2 Å². The maximum absolute atomic E-state index is 12.9. The summed E-state index contributed by atoms with van der Waals surface area (Å²) in [6.07, 6.45) is 2.30. The number of carbonyl (C=O) groups is 1. The van der Waals surface area contributed by atoms with E-state index in [1.807, 2.05) is 73.7 Å². The normalized spacial score (nSPS) is 11.6. The van der Waals surface area contributed by atoms with Crippen LogP contribution in [0.15, 0.2) is 84.0 Å². The molecule has 1 N–H and O–H groups in total.